The van der Waals surface area contributed by atoms with Crippen LogP contribution in [0.15, 0.2) is 0 Å². The minimum Gasteiger partial charge on any atom is -0.396 e. The van der Waals surface area contributed by atoms with Crippen molar-refractivity contribution in [3.05, 3.63) is 0 Å². The van der Waals surface area contributed by atoms with Gasteiger partial charge in [0.25, 0.3) is 0 Å². The van der Waals surface area contributed by atoms with Gasteiger partial charge in [-0.3, -0.25) is 0 Å². The Morgan fingerprint density at radius 2 is 1.69 bits per heavy atom. The van der Waals surface area contributed by atoms with Crippen LogP contribution in [0.5, 0.6) is 0 Å². The zero-order valence-electron chi connectivity index (χ0n) is 8.29. The van der Waals surface area contributed by atoms with E-state index >= 15 is 0 Å². The number of rotatable bonds is 2. The highest BCUT2D eigenvalue weighted by atomic mass is 16.3. The fourth-order valence-electron chi connectivity index (χ4n) is 2.44. The highest BCUT2D eigenvalue weighted by molar-refractivity contribution is 5.09. The average molecular weight is 185 g/mol. The third-order valence-corrected chi connectivity index (χ3v) is 3.96. The molecule has 0 aromatic rings. The Labute approximate surface area is 79.4 Å². The largest absolute Gasteiger partial charge is 0.396 e. The smallest absolute Gasteiger partial charge is 0.0750 e. The number of aliphatic hydroxyl groups excluding tert-OH is 1. The van der Waals surface area contributed by atoms with Crippen LogP contribution >= 0.6 is 0 Å². The summed E-state index contributed by atoms with van der Waals surface area (Å²) in [5.74, 6) is 0. The minimum atomic E-state index is -0.575. The van der Waals surface area contributed by atoms with Gasteiger partial charge in [0.05, 0.1) is 12.2 Å². The first-order valence-electron chi connectivity index (χ1n) is 5.14. The molecule has 1 saturated carbocycles. The molecule has 0 atom stereocenters. The van der Waals surface area contributed by atoms with E-state index in [2.05, 4.69) is 11.9 Å². The van der Waals surface area contributed by atoms with Crippen molar-refractivity contribution in [1.82, 2.24) is 4.90 Å². The molecule has 0 amide bonds. The third-order valence-electron chi connectivity index (χ3n) is 3.96. The molecular weight excluding hydrogens is 166 g/mol. The second-order valence-corrected chi connectivity index (χ2v) is 4.77. The van der Waals surface area contributed by atoms with Crippen LogP contribution in [0, 0.1) is 5.41 Å². The van der Waals surface area contributed by atoms with E-state index in [0.29, 0.717) is 0 Å². The molecule has 0 aromatic carbocycles. The van der Waals surface area contributed by atoms with Crippen molar-refractivity contribution in [1.29, 1.82) is 0 Å². The van der Waals surface area contributed by atoms with E-state index in [1.54, 1.807) is 0 Å². The van der Waals surface area contributed by atoms with Crippen LogP contribution in [-0.4, -0.2) is 47.5 Å². The van der Waals surface area contributed by atoms with Gasteiger partial charge in [-0.15, -0.1) is 0 Å². The van der Waals surface area contributed by atoms with Gasteiger partial charge in [0, 0.05) is 18.5 Å². The first kappa shape index (κ1) is 9.44. The van der Waals surface area contributed by atoms with Gasteiger partial charge in [-0.1, -0.05) is 0 Å². The molecule has 0 unspecified atom stereocenters. The van der Waals surface area contributed by atoms with Gasteiger partial charge in [0.1, 0.15) is 0 Å². The molecule has 3 nitrogen and oxygen atoms in total. The summed E-state index contributed by atoms with van der Waals surface area (Å²) in [7, 11) is 2.08. The highest BCUT2D eigenvalue weighted by Crippen LogP contribution is 2.57. The maximum atomic E-state index is 10.4. The maximum Gasteiger partial charge on any atom is 0.0750 e. The molecule has 2 N–H and O–H groups in total. The first-order valence-corrected chi connectivity index (χ1v) is 5.14. The molecule has 1 saturated heterocycles. The Morgan fingerprint density at radius 1 is 1.15 bits per heavy atom. The van der Waals surface area contributed by atoms with E-state index < -0.39 is 5.60 Å². The Kier molecular flexibility index (Phi) is 2.13. The molecule has 2 fully saturated rings. The third kappa shape index (κ3) is 1.39. The number of nitrogens with zero attached hydrogens (tertiary/aromatic N) is 1. The van der Waals surface area contributed by atoms with Gasteiger partial charge in [-0.2, -0.15) is 0 Å². The molecule has 0 spiro atoms. The molecule has 76 valence electrons. The lowest BCUT2D eigenvalue weighted by molar-refractivity contribution is -0.0916. The standard InChI is InChI=1S/C10H19NO2/c1-11-6-4-10(13,5-7-11)9(8-12)2-3-9/h12-13H,2-8H2,1H3. The Morgan fingerprint density at radius 3 is 2.08 bits per heavy atom. The normalized spacial score (nSPS) is 31.6. The zero-order chi connectivity index (χ0) is 9.53. The molecule has 0 radical (unpaired) electrons. The van der Waals surface area contributed by atoms with Gasteiger partial charge in [0.15, 0.2) is 0 Å². The predicted molar refractivity (Wildman–Crippen MR) is 50.4 cm³/mol. The fourth-order valence-corrected chi connectivity index (χ4v) is 2.44. The lowest BCUT2D eigenvalue weighted by Gasteiger charge is -2.42. The Bertz CT molecular complexity index is 193. The van der Waals surface area contributed by atoms with Crippen molar-refractivity contribution in [3.63, 3.8) is 0 Å². The molecule has 13 heavy (non-hydrogen) atoms. The Balaban J connectivity index is 2.04. The van der Waals surface area contributed by atoms with E-state index in [-0.39, 0.29) is 12.0 Å². The van der Waals surface area contributed by atoms with Crippen LogP contribution in [0.3, 0.4) is 0 Å². The monoisotopic (exact) mass is 185 g/mol. The van der Waals surface area contributed by atoms with Gasteiger partial charge >= 0.3 is 0 Å². The Hall–Kier alpha value is -0.120. The lowest BCUT2D eigenvalue weighted by atomic mass is 9.77. The number of hydrogen-bond acceptors (Lipinski definition) is 3. The van der Waals surface area contributed by atoms with Crippen LogP contribution in [0.2, 0.25) is 0 Å². The van der Waals surface area contributed by atoms with E-state index in [1.807, 2.05) is 0 Å². The van der Waals surface area contributed by atoms with Crippen molar-refractivity contribution in [2.24, 2.45) is 5.41 Å². The number of piperidine rings is 1. The molecule has 1 heterocycles. The van der Waals surface area contributed by atoms with Crippen LogP contribution in [0.4, 0.5) is 0 Å². The van der Waals surface area contributed by atoms with Crippen molar-refractivity contribution in [2.45, 2.75) is 31.3 Å². The minimum absolute atomic E-state index is 0.131. The van der Waals surface area contributed by atoms with E-state index in [4.69, 9.17) is 0 Å². The second kappa shape index (κ2) is 2.94. The van der Waals surface area contributed by atoms with Crippen LogP contribution in [-0.2, 0) is 0 Å². The molecule has 1 aliphatic carbocycles. The van der Waals surface area contributed by atoms with Crippen molar-refractivity contribution >= 4 is 0 Å². The summed E-state index contributed by atoms with van der Waals surface area (Å²) in [6, 6.07) is 0. The number of aliphatic hydroxyl groups is 2. The van der Waals surface area contributed by atoms with Gasteiger partial charge in [0.2, 0.25) is 0 Å². The zero-order valence-corrected chi connectivity index (χ0v) is 8.29. The van der Waals surface area contributed by atoms with E-state index in [9.17, 15) is 10.2 Å². The summed E-state index contributed by atoms with van der Waals surface area (Å²) in [6.45, 7) is 2.07. The van der Waals surface area contributed by atoms with Gasteiger partial charge < -0.3 is 15.1 Å². The SMILES string of the molecule is CN1CCC(O)(C2(CO)CC2)CC1. The maximum absolute atomic E-state index is 10.4. The quantitative estimate of drug-likeness (QED) is 0.646. The second-order valence-electron chi connectivity index (χ2n) is 4.77. The van der Waals surface area contributed by atoms with Crippen LogP contribution < -0.4 is 0 Å². The molecule has 2 rings (SSSR count). The van der Waals surface area contributed by atoms with E-state index in [1.165, 1.54) is 0 Å². The fraction of sp³-hybridized carbons (Fsp3) is 1.00. The molecule has 2 aliphatic rings. The number of likely N-dealkylation sites (tertiary alicyclic amines) is 1. The molecule has 0 bridgehead atoms. The van der Waals surface area contributed by atoms with Gasteiger partial charge in [-0.05, 0) is 32.7 Å². The average Bonchev–Trinajstić information content (AvgIpc) is 2.91. The summed E-state index contributed by atoms with van der Waals surface area (Å²) in [4.78, 5) is 2.24. The van der Waals surface area contributed by atoms with Crippen LogP contribution in [0.25, 0.3) is 0 Å². The first-order chi connectivity index (χ1) is 6.12. The number of hydrogen-bond donors (Lipinski definition) is 2. The summed E-state index contributed by atoms with van der Waals surface area (Å²) < 4.78 is 0. The highest BCUT2D eigenvalue weighted by Gasteiger charge is 2.58. The van der Waals surface area contributed by atoms with Crippen LogP contribution in [0.1, 0.15) is 25.7 Å². The summed E-state index contributed by atoms with van der Waals surface area (Å²) in [5.41, 5.74) is -0.706. The predicted octanol–water partition coefficient (Wildman–Crippen LogP) is 0.216. The summed E-state index contributed by atoms with van der Waals surface area (Å²) in [6.07, 6.45) is 3.65. The van der Waals surface area contributed by atoms with Crippen molar-refractivity contribution in [3.8, 4) is 0 Å². The molecule has 3 heteroatoms. The summed E-state index contributed by atoms with van der Waals surface area (Å²) >= 11 is 0. The van der Waals surface area contributed by atoms with E-state index in [0.717, 1.165) is 38.8 Å². The lowest BCUT2D eigenvalue weighted by Crippen LogP contribution is -2.50. The summed E-state index contributed by atoms with van der Waals surface area (Å²) in [5, 5.41) is 19.7. The van der Waals surface area contributed by atoms with Gasteiger partial charge in [-0.25, -0.2) is 0 Å². The molecule has 0 aromatic heterocycles. The topological polar surface area (TPSA) is 43.7 Å². The molecule has 1 aliphatic heterocycles. The van der Waals surface area contributed by atoms with Crippen molar-refractivity contribution in [2.75, 3.05) is 26.7 Å². The molecular formula is C10H19NO2. The van der Waals surface area contributed by atoms with Crippen molar-refractivity contribution < 1.29 is 10.2 Å².